The molecule has 0 aliphatic carbocycles. The molecule has 0 radical (unpaired) electrons. The minimum atomic E-state index is 0.108. The molecule has 1 amide bonds. The zero-order valence-corrected chi connectivity index (χ0v) is 13.8. The molecule has 0 saturated carbocycles. The number of carbonyl (C=O) groups is 1. The van der Waals surface area contributed by atoms with Gasteiger partial charge in [-0.3, -0.25) is 4.79 Å². The number of fused-ring (bicyclic) bond motifs is 2. The van der Waals surface area contributed by atoms with Gasteiger partial charge in [0.2, 0.25) is 0 Å². The van der Waals surface area contributed by atoms with Crippen LogP contribution in [0.5, 0.6) is 0 Å². The van der Waals surface area contributed by atoms with E-state index in [1.807, 2.05) is 41.3 Å². The summed E-state index contributed by atoms with van der Waals surface area (Å²) < 4.78 is 0. The lowest BCUT2D eigenvalue weighted by Gasteiger charge is -2.22. The number of carbonyl (C=O) groups excluding carboxylic acids is 1. The van der Waals surface area contributed by atoms with Crippen LogP contribution in [0.25, 0.3) is 10.8 Å². The Labute approximate surface area is 142 Å². The number of nitrogens with zero attached hydrogens (tertiary/aromatic N) is 2. The quantitative estimate of drug-likeness (QED) is 0.679. The highest BCUT2D eigenvalue weighted by atomic mass is 16.2. The molecular weight excluding hydrogens is 296 g/mol. The topological polar surface area (TPSA) is 23.6 Å². The molecule has 0 saturated heterocycles. The van der Waals surface area contributed by atoms with Crippen LogP contribution in [0.1, 0.15) is 15.9 Å². The number of hydrogen-bond acceptors (Lipinski definition) is 2. The summed E-state index contributed by atoms with van der Waals surface area (Å²) in [6.07, 6.45) is 0. The molecule has 0 atom stereocenters. The second-order valence-corrected chi connectivity index (χ2v) is 6.30. The van der Waals surface area contributed by atoms with Gasteiger partial charge in [0.25, 0.3) is 5.91 Å². The zero-order valence-electron chi connectivity index (χ0n) is 13.8. The van der Waals surface area contributed by atoms with Gasteiger partial charge in [0.1, 0.15) is 0 Å². The van der Waals surface area contributed by atoms with Gasteiger partial charge in [0.05, 0.1) is 0 Å². The second-order valence-electron chi connectivity index (χ2n) is 6.30. The molecule has 0 bridgehead atoms. The van der Waals surface area contributed by atoms with E-state index in [4.69, 9.17) is 0 Å². The minimum Gasteiger partial charge on any atom is -0.373 e. The second kappa shape index (κ2) is 6.00. The maximum atomic E-state index is 13.2. The largest absolute Gasteiger partial charge is 0.373 e. The van der Waals surface area contributed by atoms with Crippen molar-refractivity contribution in [3.8, 4) is 0 Å². The normalized spacial score (nSPS) is 14.4. The molecule has 3 aromatic carbocycles. The SMILES string of the molecule is CN1CCN(C(=O)c2cccc3ccccc23)Cc2ccccc21. The summed E-state index contributed by atoms with van der Waals surface area (Å²) in [6, 6.07) is 22.4. The molecule has 0 fully saturated rings. The first-order chi connectivity index (χ1) is 11.7. The third kappa shape index (κ3) is 2.52. The van der Waals surface area contributed by atoms with Crippen molar-refractivity contribution in [2.24, 2.45) is 0 Å². The van der Waals surface area contributed by atoms with Crippen LogP contribution in [0, 0.1) is 0 Å². The lowest BCUT2D eigenvalue weighted by atomic mass is 10.0. The van der Waals surface area contributed by atoms with Gasteiger partial charge in [-0.25, -0.2) is 0 Å². The van der Waals surface area contributed by atoms with E-state index in [9.17, 15) is 4.79 Å². The molecule has 3 heteroatoms. The van der Waals surface area contributed by atoms with E-state index in [1.165, 1.54) is 11.3 Å². The van der Waals surface area contributed by atoms with Crippen molar-refractivity contribution in [2.75, 3.05) is 25.0 Å². The highest BCUT2D eigenvalue weighted by Gasteiger charge is 2.23. The van der Waals surface area contributed by atoms with Gasteiger partial charge in [-0.2, -0.15) is 0 Å². The van der Waals surface area contributed by atoms with Gasteiger partial charge in [0.15, 0.2) is 0 Å². The summed E-state index contributed by atoms with van der Waals surface area (Å²) in [5.41, 5.74) is 3.20. The van der Waals surface area contributed by atoms with Crippen LogP contribution in [0.15, 0.2) is 66.7 Å². The molecule has 1 heterocycles. The third-order valence-corrected chi connectivity index (χ3v) is 4.78. The predicted molar refractivity (Wildman–Crippen MR) is 98.4 cm³/mol. The first kappa shape index (κ1) is 14.8. The molecule has 120 valence electrons. The third-order valence-electron chi connectivity index (χ3n) is 4.78. The fraction of sp³-hybridized carbons (Fsp3) is 0.190. The van der Waals surface area contributed by atoms with Crippen molar-refractivity contribution >= 4 is 22.4 Å². The summed E-state index contributed by atoms with van der Waals surface area (Å²) in [7, 11) is 2.09. The summed E-state index contributed by atoms with van der Waals surface area (Å²) in [4.78, 5) is 17.4. The van der Waals surface area contributed by atoms with Crippen LogP contribution in [0.4, 0.5) is 5.69 Å². The van der Waals surface area contributed by atoms with E-state index in [0.717, 1.165) is 29.4 Å². The summed E-state index contributed by atoms with van der Waals surface area (Å²) in [5.74, 6) is 0.108. The smallest absolute Gasteiger partial charge is 0.254 e. The van der Waals surface area contributed by atoms with Gasteiger partial charge in [-0.05, 0) is 28.5 Å². The Bertz CT molecular complexity index is 898. The highest BCUT2D eigenvalue weighted by Crippen LogP contribution is 2.26. The van der Waals surface area contributed by atoms with Gasteiger partial charge in [-0.1, -0.05) is 54.6 Å². The van der Waals surface area contributed by atoms with Crippen molar-refractivity contribution in [1.29, 1.82) is 0 Å². The lowest BCUT2D eigenvalue weighted by Crippen LogP contribution is -2.34. The molecule has 3 nitrogen and oxygen atoms in total. The number of amides is 1. The average molecular weight is 316 g/mol. The molecule has 0 spiro atoms. The maximum Gasteiger partial charge on any atom is 0.254 e. The molecule has 0 aromatic heterocycles. The number of likely N-dealkylation sites (N-methyl/N-ethyl adjacent to an activating group) is 1. The average Bonchev–Trinajstić information content (AvgIpc) is 2.80. The van der Waals surface area contributed by atoms with Crippen molar-refractivity contribution in [3.05, 3.63) is 77.9 Å². The van der Waals surface area contributed by atoms with Crippen molar-refractivity contribution < 1.29 is 4.79 Å². The van der Waals surface area contributed by atoms with E-state index in [2.05, 4.69) is 42.3 Å². The Hall–Kier alpha value is -2.81. The molecule has 4 rings (SSSR count). The van der Waals surface area contributed by atoms with E-state index >= 15 is 0 Å². The highest BCUT2D eigenvalue weighted by molar-refractivity contribution is 6.07. The standard InChI is InChI=1S/C21H20N2O/c1-22-13-14-23(15-17-8-3-5-12-20(17)22)21(24)19-11-6-9-16-7-2-4-10-18(16)19/h2-12H,13-15H2,1H3. The molecule has 0 unspecified atom stereocenters. The van der Waals surface area contributed by atoms with Gasteiger partial charge >= 0.3 is 0 Å². The van der Waals surface area contributed by atoms with Gasteiger partial charge in [0, 0.05) is 37.9 Å². The van der Waals surface area contributed by atoms with Crippen molar-refractivity contribution in [2.45, 2.75) is 6.54 Å². The van der Waals surface area contributed by atoms with E-state index in [1.54, 1.807) is 0 Å². The van der Waals surface area contributed by atoms with Crippen LogP contribution >= 0.6 is 0 Å². The molecule has 3 aromatic rings. The first-order valence-electron chi connectivity index (χ1n) is 8.30. The first-order valence-corrected chi connectivity index (χ1v) is 8.30. The Balaban J connectivity index is 1.72. The maximum absolute atomic E-state index is 13.2. The van der Waals surface area contributed by atoms with Gasteiger partial charge < -0.3 is 9.80 Å². The van der Waals surface area contributed by atoms with Crippen LogP contribution in [0.2, 0.25) is 0 Å². The summed E-state index contributed by atoms with van der Waals surface area (Å²) in [5, 5.41) is 2.13. The van der Waals surface area contributed by atoms with Crippen LogP contribution in [-0.2, 0) is 6.54 Å². The lowest BCUT2D eigenvalue weighted by molar-refractivity contribution is 0.0754. The van der Waals surface area contributed by atoms with E-state index < -0.39 is 0 Å². The number of para-hydroxylation sites is 1. The Morgan fingerprint density at radius 3 is 2.54 bits per heavy atom. The molecule has 1 aliphatic heterocycles. The zero-order chi connectivity index (χ0) is 16.5. The minimum absolute atomic E-state index is 0.108. The summed E-state index contributed by atoms with van der Waals surface area (Å²) in [6.45, 7) is 2.23. The molecule has 1 aliphatic rings. The Kier molecular flexibility index (Phi) is 3.69. The molecule has 24 heavy (non-hydrogen) atoms. The number of rotatable bonds is 1. The Morgan fingerprint density at radius 2 is 1.62 bits per heavy atom. The van der Waals surface area contributed by atoms with E-state index in [-0.39, 0.29) is 5.91 Å². The predicted octanol–water partition coefficient (Wildman–Crippen LogP) is 3.93. The van der Waals surface area contributed by atoms with Crippen LogP contribution in [0.3, 0.4) is 0 Å². The van der Waals surface area contributed by atoms with Crippen molar-refractivity contribution in [3.63, 3.8) is 0 Å². The van der Waals surface area contributed by atoms with Crippen LogP contribution in [-0.4, -0.2) is 30.9 Å². The Morgan fingerprint density at radius 1 is 0.875 bits per heavy atom. The van der Waals surface area contributed by atoms with Crippen LogP contribution < -0.4 is 4.90 Å². The number of hydrogen-bond donors (Lipinski definition) is 0. The number of benzene rings is 3. The van der Waals surface area contributed by atoms with Gasteiger partial charge in [-0.15, -0.1) is 0 Å². The van der Waals surface area contributed by atoms with E-state index in [0.29, 0.717) is 6.54 Å². The number of anilines is 1. The monoisotopic (exact) mass is 316 g/mol. The molecule has 0 N–H and O–H groups in total. The fourth-order valence-corrected chi connectivity index (χ4v) is 3.45. The summed E-state index contributed by atoms with van der Waals surface area (Å²) >= 11 is 0. The fourth-order valence-electron chi connectivity index (χ4n) is 3.45. The molecular formula is C21H20N2O. The van der Waals surface area contributed by atoms with Crippen molar-refractivity contribution in [1.82, 2.24) is 4.90 Å².